The summed E-state index contributed by atoms with van der Waals surface area (Å²) in [5, 5.41) is 7.28. The molecule has 2 aliphatic carbocycles. The van der Waals surface area contributed by atoms with E-state index in [0.717, 1.165) is 24.4 Å². The fourth-order valence-corrected chi connectivity index (χ4v) is 3.61. The fourth-order valence-electron chi connectivity index (χ4n) is 2.75. The SMILES string of the molecule is CCC1(NC(=O)c2sc(NC3CCC3)nc2N)CCC1. The van der Waals surface area contributed by atoms with Gasteiger partial charge in [-0.05, 0) is 44.9 Å². The van der Waals surface area contributed by atoms with E-state index in [4.69, 9.17) is 5.73 Å². The Morgan fingerprint density at radius 1 is 1.45 bits per heavy atom. The Morgan fingerprint density at radius 3 is 2.70 bits per heavy atom. The van der Waals surface area contributed by atoms with Crippen LogP contribution >= 0.6 is 11.3 Å². The minimum absolute atomic E-state index is 0.00488. The first-order valence-electron chi connectivity index (χ1n) is 7.47. The number of nitrogens with zero attached hydrogens (tertiary/aromatic N) is 1. The Kier molecular flexibility index (Phi) is 3.58. The van der Waals surface area contributed by atoms with E-state index < -0.39 is 0 Å². The van der Waals surface area contributed by atoms with Crippen molar-refractivity contribution in [1.29, 1.82) is 0 Å². The Labute approximate surface area is 123 Å². The predicted octanol–water partition coefficient (Wildman–Crippen LogP) is 2.75. The number of rotatable bonds is 5. The summed E-state index contributed by atoms with van der Waals surface area (Å²) in [5.41, 5.74) is 5.89. The molecule has 1 aromatic heterocycles. The van der Waals surface area contributed by atoms with Gasteiger partial charge >= 0.3 is 0 Å². The van der Waals surface area contributed by atoms with Crippen LogP contribution in [0.3, 0.4) is 0 Å². The normalized spacial score (nSPS) is 20.9. The summed E-state index contributed by atoms with van der Waals surface area (Å²) in [5.74, 6) is 0.281. The number of carbonyl (C=O) groups is 1. The Balaban J connectivity index is 1.67. The van der Waals surface area contributed by atoms with Gasteiger partial charge in [0.25, 0.3) is 5.91 Å². The maximum absolute atomic E-state index is 12.4. The monoisotopic (exact) mass is 294 g/mol. The second kappa shape index (κ2) is 5.24. The number of aromatic nitrogens is 1. The average molecular weight is 294 g/mol. The topological polar surface area (TPSA) is 80.0 Å². The number of hydrogen-bond acceptors (Lipinski definition) is 5. The smallest absolute Gasteiger partial charge is 0.265 e. The zero-order valence-electron chi connectivity index (χ0n) is 11.9. The lowest BCUT2D eigenvalue weighted by molar-refractivity contribution is 0.0825. The summed E-state index contributed by atoms with van der Waals surface area (Å²) in [6.45, 7) is 2.12. The van der Waals surface area contributed by atoms with Gasteiger partial charge < -0.3 is 16.4 Å². The molecule has 0 saturated heterocycles. The molecule has 4 N–H and O–H groups in total. The number of anilines is 2. The molecule has 5 nitrogen and oxygen atoms in total. The molecular weight excluding hydrogens is 272 g/mol. The zero-order valence-corrected chi connectivity index (χ0v) is 12.7. The third-order valence-corrected chi connectivity index (χ3v) is 5.66. The molecule has 1 heterocycles. The first-order chi connectivity index (χ1) is 9.62. The quantitative estimate of drug-likeness (QED) is 0.780. The largest absolute Gasteiger partial charge is 0.382 e. The molecule has 1 amide bonds. The van der Waals surface area contributed by atoms with E-state index in [2.05, 4.69) is 22.5 Å². The highest BCUT2D eigenvalue weighted by Crippen LogP contribution is 2.36. The molecule has 6 heteroatoms. The average Bonchev–Trinajstić information content (AvgIpc) is 2.70. The molecule has 0 bridgehead atoms. The second-order valence-electron chi connectivity index (χ2n) is 5.95. The Hall–Kier alpha value is -1.30. The van der Waals surface area contributed by atoms with Gasteiger partial charge in [-0.25, -0.2) is 4.98 Å². The molecule has 1 aromatic rings. The van der Waals surface area contributed by atoms with Crippen LogP contribution in [0.5, 0.6) is 0 Å². The first-order valence-corrected chi connectivity index (χ1v) is 8.29. The summed E-state index contributed by atoms with van der Waals surface area (Å²) in [4.78, 5) is 17.2. The van der Waals surface area contributed by atoms with Crippen LogP contribution in [0.4, 0.5) is 10.9 Å². The van der Waals surface area contributed by atoms with E-state index in [9.17, 15) is 4.79 Å². The van der Waals surface area contributed by atoms with E-state index in [1.54, 1.807) is 0 Å². The van der Waals surface area contributed by atoms with Gasteiger partial charge in [-0.3, -0.25) is 4.79 Å². The minimum Gasteiger partial charge on any atom is -0.382 e. The van der Waals surface area contributed by atoms with Gasteiger partial charge in [0.1, 0.15) is 10.7 Å². The van der Waals surface area contributed by atoms with E-state index in [1.807, 2.05) is 0 Å². The molecule has 3 rings (SSSR count). The number of nitrogens with two attached hydrogens (primary N) is 1. The molecule has 110 valence electrons. The molecule has 2 aliphatic rings. The number of amides is 1. The first kappa shape index (κ1) is 13.7. The standard InChI is InChI=1S/C14H22N4OS/c1-2-14(7-4-8-14)18-12(19)10-11(15)17-13(20-10)16-9-5-3-6-9/h9H,2-8,15H2,1H3,(H,16,17)(H,18,19). The molecular formula is C14H22N4OS. The van der Waals surface area contributed by atoms with Crippen LogP contribution in [0.2, 0.25) is 0 Å². The van der Waals surface area contributed by atoms with Gasteiger partial charge in [0, 0.05) is 11.6 Å². The highest BCUT2D eigenvalue weighted by atomic mass is 32.1. The number of hydrogen-bond donors (Lipinski definition) is 3. The van der Waals surface area contributed by atoms with Crippen LogP contribution in [0.15, 0.2) is 0 Å². The van der Waals surface area contributed by atoms with Crippen molar-refractivity contribution in [3.63, 3.8) is 0 Å². The van der Waals surface area contributed by atoms with Crippen LogP contribution in [-0.2, 0) is 0 Å². The van der Waals surface area contributed by atoms with Crippen molar-refractivity contribution in [3.05, 3.63) is 4.88 Å². The molecule has 2 fully saturated rings. The summed E-state index contributed by atoms with van der Waals surface area (Å²) in [6.07, 6.45) is 7.94. The third kappa shape index (κ3) is 2.49. The van der Waals surface area contributed by atoms with Crippen LogP contribution in [0, 0.1) is 0 Å². The van der Waals surface area contributed by atoms with E-state index in [0.29, 0.717) is 16.7 Å². The van der Waals surface area contributed by atoms with Crippen LogP contribution < -0.4 is 16.4 Å². The molecule has 20 heavy (non-hydrogen) atoms. The zero-order chi connectivity index (χ0) is 14.2. The maximum atomic E-state index is 12.4. The number of nitrogen functional groups attached to an aromatic ring is 1. The summed E-state index contributed by atoms with van der Waals surface area (Å²) >= 11 is 1.37. The van der Waals surface area contributed by atoms with Crippen molar-refractivity contribution >= 4 is 28.2 Å². The number of carbonyl (C=O) groups excluding carboxylic acids is 1. The van der Waals surface area contributed by atoms with Crippen molar-refractivity contribution in [1.82, 2.24) is 10.3 Å². The summed E-state index contributed by atoms with van der Waals surface area (Å²) < 4.78 is 0. The minimum atomic E-state index is -0.0665. The van der Waals surface area contributed by atoms with Crippen LogP contribution in [0.1, 0.15) is 61.5 Å². The fraction of sp³-hybridized carbons (Fsp3) is 0.714. The lowest BCUT2D eigenvalue weighted by atomic mass is 9.75. The van der Waals surface area contributed by atoms with Crippen molar-refractivity contribution in [2.24, 2.45) is 0 Å². The second-order valence-corrected chi connectivity index (χ2v) is 6.95. The lowest BCUT2D eigenvalue weighted by Crippen LogP contribution is -2.52. The van der Waals surface area contributed by atoms with Gasteiger partial charge in [0.05, 0.1) is 0 Å². The van der Waals surface area contributed by atoms with Gasteiger partial charge in [-0.1, -0.05) is 18.3 Å². The highest BCUT2D eigenvalue weighted by molar-refractivity contribution is 7.18. The molecule has 0 radical (unpaired) electrons. The van der Waals surface area contributed by atoms with Gasteiger partial charge in [-0.2, -0.15) is 0 Å². The number of thiazole rings is 1. The molecule has 0 spiro atoms. The molecule has 0 aromatic carbocycles. The third-order valence-electron chi connectivity index (χ3n) is 4.66. The molecule has 0 unspecified atom stereocenters. The number of nitrogens with one attached hydrogen (secondary N) is 2. The van der Waals surface area contributed by atoms with Crippen LogP contribution in [-0.4, -0.2) is 22.5 Å². The van der Waals surface area contributed by atoms with Crippen molar-refractivity contribution in [2.75, 3.05) is 11.1 Å². The van der Waals surface area contributed by atoms with Crippen molar-refractivity contribution < 1.29 is 4.79 Å². The van der Waals surface area contributed by atoms with Gasteiger partial charge in [-0.15, -0.1) is 0 Å². The van der Waals surface area contributed by atoms with E-state index in [1.165, 1.54) is 37.0 Å². The summed E-state index contributed by atoms with van der Waals surface area (Å²) in [6, 6.07) is 0.505. The lowest BCUT2D eigenvalue weighted by Gasteiger charge is -2.41. The van der Waals surface area contributed by atoms with Crippen molar-refractivity contribution in [2.45, 2.75) is 63.5 Å². The van der Waals surface area contributed by atoms with E-state index >= 15 is 0 Å². The molecule has 2 saturated carbocycles. The molecule has 0 atom stereocenters. The van der Waals surface area contributed by atoms with Gasteiger partial charge in [0.15, 0.2) is 5.13 Å². The maximum Gasteiger partial charge on any atom is 0.265 e. The predicted molar refractivity (Wildman–Crippen MR) is 82.1 cm³/mol. The van der Waals surface area contributed by atoms with Gasteiger partial charge in [0.2, 0.25) is 0 Å². The Bertz CT molecular complexity index is 500. The molecule has 0 aliphatic heterocycles. The summed E-state index contributed by atoms with van der Waals surface area (Å²) in [7, 11) is 0. The van der Waals surface area contributed by atoms with E-state index in [-0.39, 0.29) is 11.4 Å². The highest BCUT2D eigenvalue weighted by Gasteiger charge is 2.37. The van der Waals surface area contributed by atoms with Crippen molar-refractivity contribution in [3.8, 4) is 0 Å². The van der Waals surface area contributed by atoms with Crippen LogP contribution in [0.25, 0.3) is 0 Å². The Morgan fingerprint density at radius 2 is 2.20 bits per heavy atom.